The van der Waals surface area contributed by atoms with Gasteiger partial charge in [-0.1, -0.05) is 0 Å². The molecule has 2 heteroatoms. The largest absolute Gasteiger partial charge is 0.437 e. The molecule has 86 valence electrons. The predicted octanol–water partition coefficient (Wildman–Crippen LogP) is 2.80. The Morgan fingerprint density at radius 3 is 2.40 bits per heavy atom. The maximum absolute atomic E-state index is 6.14. The Morgan fingerprint density at radius 1 is 1.13 bits per heavy atom. The summed E-state index contributed by atoms with van der Waals surface area (Å²) in [4.78, 5) is 0. The van der Waals surface area contributed by atoms with Crippen molar-refractivity contribution in [1.29, 1.82) is 0 Å². The van der Waals surface area contributed by atoms with E-state index in [-0.39, 0.29) is 0 Å². The van der Waals surface area contributed by atoms with Crippen molar-refractivity contribution >= 4 is 5.90 Å². The zero-order chi connectivity index (χ0) is 11.0. The molecule has 1 fully saturated rings. The minimum absolute atomic E-state index is 0.485. The van der Waals surface area contributed by atoms with Gasteiger partial charge in [0.25, 0.3) is 0 Å². The summed E-state index contributed by atoms with van der Waals surface area (Å²) in [5.74, 6) is 1.76. The van der Waals surface area contributed by atoms with E-state index in [0.29, 0.717) is 24.1 Å². The van der Waals surface area contributed by atoms with Gasteiger partial charge in [-0.2, -0.15) is 4.58 Å². The van der Waals surface area contributed by atoms with Crippen LogP contribution in [0.2, 0.25) is 0 Å². The first-order chi connectivity index (χ1) is 7.11. The lowest BCUT2D eigenvalue weighted by atomic mass is 9.92. The van der Waals surface area contributed by atoms with Crippen LogP contribution in [0.5, 0.6) is 0 Å². The second-order valence-electron chi connectivity index (χ2n) is 5.50. The summed E-state index contributed by atoms with van der Waals surface area (Å²) in [6, 6.07) is 1.24. The van der Waals surface area contributed by atoms with Crippen LogP contribution in [0.15, 0.2) is 0 Å². The summed E-state index contributed by atoms with van der Waals surface area (Å²) in [6.45, 7) is 9.04. The fourth-order valence-corrected chi connectivity index (χ4v) is 2.98. The Morgan fingerprint density at radius 2 is 1.80 bits per heavy atom. The number of ether oxygens (including phenoxy) is 1. The van der Waals surface area contributed by atoms with E-state index in [0.717, 1.165) is 0 Å². The second kappa shape index (κ2) is 4.15. The Hall–Kier alpha value is -0.530. The fraction of sp³-hybridized carbons (Fsp3) is 0.923. The van der Waals surface area contributed by atoms with E-state index in [1.807, 2.05) is 0 Å². The molecule has 0 bridgehead atoms. The van der Waals surface area contributed by atoms with Crippen LogP contribution in [0, 0.1) is 5.92 Å². The molecule has 15 heavy (non-hydrogen) atoms. The first-order valence-electron chi connectivity index (χ1n) is 6.43. The molecule has 0 aromatic rings. The van der Waals surface area contributed by atoms with Gasteiger partial charge in [-0.25, -0.2) is 0 Å². The van der Waals surface area contributed by atoms with Crippen LogP contribution in [-0.4, -0.2) is 28.7 Å². The Balaban J connectivity index is 2.26. The van der Waals surface area contributed by atoms with Gasteiger partial charge in [-0.05, 0) is 47.0 Å². The van der Waals surface area contributed by atoms with E-state index >= 15 is 0 Å². The van der Waals surface area contributed by atoms with Crippen LogP contribution >= 0.6 is 0 Å². The average Bonchev–Trinajstić information content (AvgIpc) is 2.56. The first-order valence-corrected chi connectivity index (χ1v) is 6.43. The molecule has 0 saturated heterocycles. The molecule has 0 spiro atoms. The van der Waals surface area contributed by atoms with Gasteiger partial charge >= 0.3 is 5.90 Å². The third-order valence-electron chi connectivity index (χ3n) is 3.60. The topological polar surface area (TPSA) is 12.2 Å². The number of hydrogen-bond acceptors (Lipinski definition) is 1. The van der Waals surface area contributed by atoms with E-state index < -0.39 is 0 Å². The molecule has 0 radical (unpaired) electrons. The zero-order valence-corrected chi connectivity index (χ0v) is 10.5. The van der Waals surface area contributed by atoms with Gasteiger partial charge in [0.05, 0.1) is 5.92 Å². The van der Waals surface area contributed by atoms with Crippen molar-refractivity contribution in [2.75, 3.05) is 0 Å². The van der Waals surface area contributed by atoms with Crippen LogP contribution < -0.4 is 0 Å². The van der Waals surface area contributed by atoms with E-state index in [1.54, 1.807) is 0 Å². The lowest BCUT2D eigenvalue weighted by molar-refractivity contribution is -0.592. The fourth-order valence-electron chi connectivity index (χ4n) is 2.98. The maximum atomic E-state index is 6.14. The lowest BCUT2D eigenvalue weighted by Crippen LogP contribution is -2.38. The van der Waals surface area contributed by atoms with Crippen molar-refractivity contribution in [2.24, 2.45) is 5.92 Å². The molecule has 1 aliphatic carbocycles. The summed E-state index contributed by atoms with van der Waals surface area (Å²) in [5.41, 5.74) is 0. The highest BCUT2D eigenvalue weighted by Gasteiger charge is 2.46. The highest BCUT2D eigenvalue weighted by atomic mass is 16.5. The zero-order valence-electron chi connectivity index (χ0n) is 10.5. The molecule has 0 unspecified atom stereocenters. The number of hydrogen-bond donors (Lipinski definition) is 0. The minimum Gasteiger partial charge on any atom is -0.437 e. The van der Waals surface area contributed by atoms with Crippen LogP contribution in [0.1, 0.15) is 53.4 Å². The smallest absolute Gasteiger partial charge is 0.339 e. The van der Waals surface area contributed by atoms with E-state index in [9.17, 15) is 0 Å². The van der Waals surface area contributed by atoms with Crippen LogP contribution in [-0.2, 0) is 4.74 Å². The van der Waals surface area contributed by atoms with Crippen molar-refractivity contribution in [1.82, 2.24) is 0 Å². The Bertz CT molecular complexity index is 268. The molecule has 0 aromatic carbocycles. The average molecular weight is 210 g/mol. The molecule has 2 nitrogen and oxygen atoms in total. The summed E-state index contributed by atoms with van der Waals surface area (Å²) in [7, 11) is 0. The second-order valence-corrected chi connectivity index (χ2v) is 5.50. The minimum atomic E-state index is 0.485. The molecule has 0 N–H and O–H groups in total. The predicted molar refractivity (Wildman–Crippen MR) is 62.4 cm³/mol. The molecule has 1 saturated carbocycles. The SMILES string of the molecule is CC(C)C1=[N+](C(C)C)[C@H]2CCCC[C@H]2O1. The number of nitrogens with zero attached hydrogens (tertiary/aromatic N) is 1. The van der Waals surface area contributed by atoms with Gasteiger partial charge in [0.15, 0.2) is 18.2 Å². The van der Waals surface area contributed by atoms with Crippen molar-refractivity contribution in [2.45, 2.75) is 71.6 Å². The maximum Gasteiger partial charge on any atom is 0.339 e. The normalized spacial score (nSPS) is 31.1. The highest BCUT2D eigenvalue weighted by Crippen LogP contribution is 2.30. The summed E-state index contributed by atoms with van der Waals surface area (Å²) in [6.07, 6.45) is 5.78. The molecule has 0 amide bonds. The van der Waals surface area contributed by atoms with Crippen molar-refractivity contribution < 1.29 is 9.31 Å². The highest BCUT2D eigenvalue weighted by molar-refractivity contribution is 5.74. The third-order valence-corrected chi connectivity index (χ3v) is 3.60. The monoisotopic (exact) mass is 210 g/mol. The molecule has 1 aliphatic heterocycles. The third kappa shape index (κ3) is 1.91. The van der Waals surface area contributed by atoms with Crippen molar-refractivity contribution in [3.8, 4) is 0 Å². The van der Waals surface area contributed by atoms with E-state index in [4.69, 9.17) is 4.74 Å². The van der Waals surface area contributed by atoms with Crippen LogP contribution in [0.3, 0.4) is 0 Å². The summed E-state index contributed by atoms with van der Waals surface area (Å²) >= 11 is 0. The van der Waals surface area contributed by atoms with E-state index in [1.165, 1.54) is 31.6 Å². The Labute approximate surface area is 93.3 Å². The first kappa shape index (κ1) is 11.0. The van der Waals surface area contributed by atoms with E-state index in [2.05, 4.69) is 32.3 Å². The quantitative estimate of drug-likeness (QED) is 0.638. The molecule has 2 rings (SSSR count). The Kier molecular flexibility index (Phi) is 3.03. The van der Waals surface area contributed by atoms with Crippen LogP contribution in [0.4, 0.5) is 0 Å². The van der Waals surface area contributed by atoms with Gasteiger partial charge in [0.1, 0.15) is 0 Å². The van der Waals surface area contributed by atoms with Crippen LogP contribution in [0.25, 0.3) is 0 Å². The van der Waals surface area contributed by atoms with Gasteiger partial charge in [-0.3, -0.25) is 0 Å². The standard InChI is InChI=1S/C13H24NO/c1-9(2)13-14(10(3)4)11-7-5-6-8-12(11)15-13/h9-12H,5-8H2,1-4H3/q+1/t11-,12+/m0/s1. The molecule has 1 heterocycles. The lowest BCUT2D eigenvalue weighted by Gasteiger charge is -2.21. The van der Waals surface area contributed by atoms with Crippen molar-refractivity contribution in [3.63, 3.8) is 0 Å². The van der Waals surface area contributed by atoms with Crippen molar-refractivity contribution in [3.05, 3.63) is 0 Å². The molecular formula is C13H24NO+. The molecular weight excluding hydrogens is 186 g/mol. The number of fused-ring (bicyclic) bond motifs is 1. The number of rotatable bonds is 2. The van der Waals surface area contributed by atoms with Gasteiger partial charge in [-0.15, -0.1) is 0 Å². The summed E-state index contributed by atoms with van der Waals surface area (Å²) in [5, 5.41) is 0. The summed E-state index contributed by atoms with van der Waals surface area (Å²) < 4.78 is 8.68. The van der Waals surface area contributed by atoms with Gasteiger partial charge in [0.2, 0.25) is 0 Å². The van der Waals surface area contributed by atoms with Gasteiger partial charge < -0.3 is 4.74 Å². The molecule has 2 atom stereocenters. The van der Waals surface area contributed by atoms with Gasteiger partial charge in [0, 0.05) is 6.42 Å². The molecule has 2 aliphatic rings. The molecule has 0 aromatic heterocycles.